The van der Waals surface area contributed by atoms with Crippen LogP contribution in [0.25, 0.3) is 0 Å². The lowest BCUT2D eigenvalue weighted by molar-refractivity contribution is 0.151. The molecule has 0 radical (unpaired) electrons. The molecule has 2 N–H and O–H groups in total. The van der Waals surface area contributed by atoms with Crippen LogP contribution in [0.15, 0.2) is 18.2 Å². The molecule has 0 aromatic heterocycles. The van der Waals surface area contributed by atoms with Crippen LogP contribution < -0.4 is 5.32 Å². The molecule has 0 aliphatic carbocycles. The molecule has 0 aliphatic rings. The molecule has 0 fully saturated rings. The van der Waals surface area contributed by atoms with Crippen LogP contribution in [0.4, 0.5) is 14.5 Å². The molecule has 0 saturated heterocycles. The van der Waals surface area contributed by atoms with Crippen molar-refractivity contribution >= 4 is 5.69 Å². The zero-order valence-corrected chi connectivity index (χ0v) is 7.93. The van der Waals surface area contributed by atoms with Gasteiger partial charge < -0.3 is 10.4 Å². The Kier molecular flexibility index (Phi) is 3.83. The minimum Gasteiger partial charge on any atom is -0.389 e. The van der Waals surface area contributed by atoms with Crippen molar-refractivity contribution in [3.05, 3.63) is 29.6 Å². The predicted molar refractivity (Wildman–Crippen MR) is 51.6 cm³/mol. The number of halogens is 2. The second-order valence-electron chi connectivity index (χ2n) is 3.21. The fourth-order valence-corrected chi connectivity index (χ4v) is 1.13. The van der Waals surface area contributed by atoms with Gasteiger partial charge in [-0.15, -0.1) is 0 Å². The Morgan fingerprint density at radius 1 is 1.43 bits per heavy atom. The first kappa shape index (κ1) is 10.9. The fraction of sp³-hybridized carbons (Fsp3) is 0.400. The number of aliphatic hydroxyl groups is 1. The summed E-state index contributed by atoms with van der Waals surface area (Å²) in [5.74, 6) is -0.345. The fourth-order valence-electron chi connectivity index (χ4n) is 1.13. The Hall–Kier alpha value is -1.16. The van der Waals surface area contributed by atoms with Crippen molar-refractivity contribution in [3.8, 4) is 0 Å². The lowest BCUT2D eigenvalue weighted by Gasteiger charge is -2.10. The average Bonchev–Trinajstić information content (AvgIpc) is 2.12. The molecule has 0 bridgehead atoms. The van der Waals surface area contributed by atoms with E-state index in [9.17, 15) is 8.78 Å². The number of benzene rings is 1. The molecule has 1 unspecified atom stereocenters. The number of hydrogen-bond donors (Lipinski definition) is 2. The Labute approximate surface area is 81.6 Å². The molecule has 0 spiro atoms. The quantitative estimate of drug-likeness (QED) is 0.779. The van der Waals surface area contributed by atoms with Gasteiger partial charge in [0.1, 0.15) is 12.5 Å². The maximum Gasteiger partial charge on any atom is 0.125 e. The van der Waals surface area contributed by atoms with Gasteiger partial charge in [-0.25, -0.2) is 8.78 Å². The van der Waals surface area contributed by atoms with E-state index in [1.165, 1.54) is 12.1 Å². The third-order valence-electron chi connectivity index (χ3n) is 1.76. The lowest BCUT2D eigenvalue weighted by Crippen LogP contribution is -2.21. The van der Waals surface area contributed by atoms with Crippen LogP contribution >= 0.6 is 0 Å². The zero-order valence-electron chi connectivity index (χ0n) is 7.93. The molecule has 0 amide bonds. The minimum absolute atomic E-state index is 0.0827. The molecule has 14 heavy (non-hydrogen) atoms. The summed E-state index contributed by atoms with van der Waals surface area (Å²) < 4.78 is 24.7. The standard InChI is InChI=1S/C10H13F2NO/c1-7-2-8(12)4-9(3-7)13-6-10(14)5-11/h2-4,10,13-14H,5-6H2,1H3. The number of nitrogens with one attached hydrogen (secondary N) is 1. The first-order valence-electron chi connectivity index (χ1n) is 4.37. The van der Waals surface area contributed by atoms with Crippen LogP contribution in [0.1, 0.15) is 5.56 Å². The van der Waals surface area contributed by atoms with Crippen molar-refractivity contribution in [2.24, 2.45) is 0 Å². The maximum atomic E-state index is 12.9. The van der Waals surface area contributed by atoms with Gasteiger partial charge in [0.2, 0.25) is 0 Å². The SMILES string of the molecule is Cc1cc(F)cc(NCC(O)CF)c1. The van der Waals surface area contributed by atoms with Crippen molar-refractivity contribution in [3.63, 3.8) is 0 Å². The minimum atomic E-state index is -1.04. The summed E-state index contributed by atoms with van der Waals surface area (Å²) in [7, 11) is 0. The molecule has 78 valence electrons. The summed E-state index contributed by atoms with van der Waals surface area (Å²) in [5.41, 5.74) is 1.33. The molecular formula is C10H13F2NO. The van der Waals surface area contributed by atoms with E-state index in [1.807, 2.05) is 0 Å². The van der Waals surface area contributed by atoms with E-state index in [0.717, 1.165) is 5.56 Å². The molecule has 1 aromatic rings. The van der Waals surface area contributed by atoms with E-state index in [4.69, 9.17) is 5.11 Å². The zero-order chi connectivity index (χ0) is 10.6. The van der Waals surface area contributed by atoms with Crippen molar-refractivity contribution < 1.29 is 13.9 Å². The maximum absolute atomic E-state index is 12.9. The van der Waals surface area contributed by atoms with E-state index < -0.39 is 12.8 Å². The van der Waals surface area contributed by atoms with Crippen LogP contribution in [0, 0.1) is 12.7 Å². The van der Waals surface area contributed by atoms with Gasteiger partial charge in [-0.3, -0.25) is 0 Å². The van der Waals surface area contributed by atoms with Gasteiger partial charge in [-0.2, -0.15) is 0 Å². The monoisotopic (exact) mass is 201 g/mol. The Bertz CT molecular complexity index is 284. The summed E-state index contributed by atoms with van der Waals surface area (Å²) in [6.45, 7) is 1.04. The van der Waals surface area contributed by atoms with E-state index in [-0.39, 0.29) is 12.4 Å². The second kappa shape index (κ2) is 4.91. The third-order valence-corrected chi connectivity index (χ3v) is 1.76. The normalized spacial score (nSPS) is 12.6. The number of hydrogen-bond acceptors (Lipinski definition) is 2. The van der Waals surface area contributed by atoms with Crippen LogP contribution in [0.5, 0.6) is 0 Å². The van der Waals surface area contributed by atoms with Gasteiger partial charge in [0.05, 0.1) is 6.10 Å². The van der Waals surface area contributed by atoms with Crippen molar-refractivity contribution in [1.29, 1.82) is 0 Å². The van der Waals surface area contributed by atoms with Gasteiger partial charge in [-0.1, -0.05) is 0 Å². The highest BCUT2D eigenvalue weighted by Gasteiger charge is 2.03. The molecule has 0 saturated carbocycles. The molecule has 1 atom stereocenters. The Balaban J connectivity index is 2.58. The number of rotatable bonds is 4. The van der Waals surface area contributed by atoms with Crippen LogP contribution in [-0.2, 0) is 0 Å². The van der Waals surface area contributed by atoms with Crippen molar-refractivity contribution in [2.75, 3.05) is 18.5 Å². The summed E-state index contributed by atoms with van der Waals surface area (Å²) >= 11 is 0. The highest BCUT2D eigenvalue weighted by Crippen LogP contribution is 2.12. The number of anilines is 1. The van der Waals surface area contributed by atoms with E-state index in [1.54, 1.807) is 13.0 Å². The molecular weight excluding hydrogens is 188 g/mol. The first-order chi connectivity index (χ1) is 6.61. The highest BCUT2D eigenvalue weighted by molar-refractivity contribution is 5.46. The molecule has 1 aromatic carbocycles. The lowest BCUT2D eigenvalue weighted by atomic mass is 10.2. The smallest absolute Gasteiger partial charge is 0.125 e. The summed E-state index contributed by atoms with van der Waals surface area (Å²) in [6.07, 6.45) is -1.04. The van der Waals surface area contributed by atoms with Gasteiger partial charge >= 0.3 is 0 Å². The van der Waals surface area contributed by atoms with Crippen LogP contribution in [-0.4, -0.2) is 24.4 Å². The molecule has 1 rings (SSSR count). The molecule has 0 aliphatic heterocycles. The number of aryl methyl sites for hydroxylation is 1. The predicted octanol–water partition coefficient (Wildman–Crippen LogP) is 1.88. The molecule has 0 heterocycles. The Morgan fingerprint density at radius 3 is 2.71 bits per heavy atom. The van der Waals surface area contributed by atoms with E-state index >= 15 is 0 Å². The molecule has 4 heteroatoms. The summed E-state index contributed by atoms with van der Waals surface area (Å²) in [6, 6.07) is 4.43. The van der Waals surface area contributed by atoms with Crippen molar-refractivity contribution in [1.82, 2.24) is 0 Å². The second-order valence-corrected chi connectivity index (χ2v) is 3.21. The van der Waals surface area contributed by atoms with Crippen molar-refractivity contribution in [2.45, 2.75) is 13.0 Å². The first-order valence-corrected chi connectivity index (χ1v) is 4.37. The highest BCUT2D eigenvalue weighted by atomic mass is 19.1. The number of aliphatic hydroxyl groups excluding tert-OH is 1. The summed E-state index contributed by atoms with van der Waals surface area (Å²) in [4.78, 5) is 0. The largest absolute Gasteiger partial charge is 0.389 e. The van der Waals surface area contributed by atoms with Gasteiger partial charge in [0, 0.05) is 12.2 Å². The topological polar surface area (TPSA) is 32.3 Å². The summed E-state index contributed by atoms with van der Waals surface area (Å²) in [5, 5.41) is 11.7. The van der Waals surface area contributed by atoms with Gasteiger partial charge in [0.25, 0.3) is 0 Å². The average molecular weight is 201 g/mol. The molecule has 2 nitrogen and oxygen atoms in total. The third kappa shape index (κ3) is 3.30. The Morgan fingerprint density at radius 2 is 2.14 bits per heavy atom. The van der Waals surface area contributed by atoms with E-state index in [0.29, 0.717) is 5.69 Å². The van der Waals surface area contributed by atoms with Crippen LogP contribution in [0.3, 0.4) is 0 Å². The van der Waals surface area contributed by atoms with E-state index in [2.05, 4.69) is 5.32 Å². The van der Waals surface area contributed by atoms with Crippen LogP contribution in [0.2, 0.25) is 0 Å². The van der Waals surface area contributed by atoms with Gasteiger partial charge in [-0.05, 0) is 30.7 Å². The van der Waals surface area contributed by atoms with Gasteiger partial charge in [0.15, 0.2) is 0 Å². The number of alkyl halides is 1.